The lowest BCUT2D eigenvalue weighted by atomic mass is 9.75. The normalized spacial score (nSPS) is 17.2. The molecule has 1 aromatic carbocycles. The predicted octanol–water partition coefficient (Wildman–Crippen LogP) is 2.75. The topological polar surface area (TPSA) is 42.8 Å². The maximum Gasteiger partial charge on any atom is 0.194 e. The number of hydrogen-bond donors (Lipinski definition) is 1. The Balaban J connectivity index is 1.96. The van der Waals surface area contributed by atoms with Crippen molar-refractivity contribution >= 4 is 28.1 Å². The molecule has 0 unspecified atom stereocenters. The van der Waals surface area contributed by atoms with Gasteiger partial charge in [0.05, 0.1) is 13.2 Å². The first-order valence-electron chi connectivity index (χ1n) is 6.05. The van der Waals surface area contributed by atoms with Crippen molar-refractivity contribution in [3.63, 3.8) is 0 Å². The molecule has 3 rings (SSSR count). The van der Waals surface area contributed by atoms with Gasteiger partial charge in [-0.25, -0.2) is 0 Å². The fraction of sp³-hybridized carbons (Fsp3) is 0.385. The van der Waals surface area contributed by atoms with Gasteiger partial charge in [-0.05, 0) is 29.9 Å². The van der Waals surface area contributed by atoms with Gasteiger partial charge in [0, 0.05) is 23.4 Å². The zero-order valence-corrected chi connectivity index (χ0v) is 12.9. The zero-order valence-electron chi connectivity index (χ0n) is 10.5. The van der Waals surface area contributed by atoms with E-state index in [9.17, 15) is 0 Å². The van der Waals surface area contributed by atoms with Crippen molar-refractivity contribution in [3.05, 3.63) is 44.9 Å². The summed E-state index contributed by atoms with van der Waals surface area (Å²) >= 11 is 8.69. The fourth-order valence-electron chi connectivity index (χ4n) is 2.38. The van der Waals surface area contributed by atoms with Crippen LogP contribution in [0, 0.1) is 4.77 Å². The number of nitrogens with one attached hydrogen (secondary N) is 1. The summed E-state index contributed by atoms with van der Waals surface area (Å²) in [6.07, 6.45) is 0.826. The third kappa shape index (κ3) is 2.28. The Morgan fingerprint density at radius 3 is 2.84 bits per heavy atom. The standard InChI is InChI=1S/C13H14BrN3OS/c1-17-11(15-16-12(17)19)6-13(7-18-8-13)9-3-2-4-10(14)5-9/h2-5H,6-8H2,1H3,(H,16,19). The van der Waals surface area contributed by atoms with E-state index in [2.05, 4.69) is 44.3 Å². The molecular weight excluding hydrogens is 326 g/mol. The third-order valence-corrected chi connectivity index (χ3v) is 4.52. The summed E-state index contributed by atoms with van der Waals surface area (Å²) in [7, 11) is 1.94. The number of aromatic amines is 1. The molecule has 1 N–H and O–H groups in total. The third-order valence-electron chi connectivity index (χ3n) is 3.66. The van der Waals surface area contributed by atoms with E-state index in [1.807, 2.05) is 17.7 Å². The van der Waals surface area contributed by atoms with E-state index in [0.29, 0.717) is 4.77 Å². The minimum Gasteiger partial charge on any atom is -0.379 e. The number of aromatic nitrogens is 3. The van der Waals surface area contributed by atoms with Gasteiger partial charge in [0.2, 0.25) is 0 Å². The van der Waals surface area contributed by atoms with E-state index in [4.69, 9.17) is 17.0 Å². The minimum absolute atomic E-state index is 0.0124. The lowest BCUT2D eigenvalue weighted by Crippen LogP contribution is -2.49. The first-order chi connectivity index (χ1) is 9.11. The molecule has 0 amide bonds. The second-order valence-corrected chi connectivity index (χ2v) is 6.27. The number of hydrogen-bond acceptors (Lipinski definition) is 3. The molecule has 1 fully saturated rings. The van der Waals surface area contributed by atoms with Crippen molar-refractivity contribution in [2.24, 2.45) is 7.05 Å². The van der Waals surface area contributed by atoms with Gasteiger partial charge in [-0.15, -0.1) is 0 Å². The van der Waals surface area contributed by atoms with Crippen molar-refractivity contribution in [1.29, 1.82) is 0 Å². The molecule has 1 aromatic heterocycles. The lowest BCUT2D eigenvalue weighted by molar-refractivity contribution is -0.0611. The van der Waals surface area contributed by atoms with Crippen LogP contribution < -0.4 is 0 Å². The molecule has 4 nitrogen and oxygen atoms in total. The molecule has 1 aliphatic heterocycles. The van der Waals surface area contributed by atoms with Gasteiger partial charge in [-0.1, -0.05) is 28.1 Å². The quantitative estimate of drug-likeness (QED) is 0.874. The van der Waals surface area contributed by atoms with Crippen LogP contribution in [0.3, 0.4) is 0 Å². The van der Waals surface area contributed by atoms with Crippen LogP contribution in [0.1, 0.15) is 11.4 Å². The minimum atomic E-state index is 0.0124. The van der Waals surface area contributed by atoms with Gasteiger partial charge in [0.1, 0.15) is 5.82 Å². The maximum absolute atomic E-state index is 5.46. The molecule has 0 radical (unpaired) electrons. The molecular formula is C13H14BrN3OS. The monoisotopic (exact) mass is 339 g/mol. The van der Waals surface area contributed by atoms with E-state index in [0.717, 1.165) is 29.9 Å². The summed E-state index contributed by atoms with van der Waals surface area (Å²) in [6, 6.07) is 8.40. The summed E-state index contributed by atoms with van der Waals surface area (Å²) in [4.78, 5) is 0. The number of ether oxygens (including phenoxy) is 1. The Kier molecular flexibility index (Phi) is 3.32. The summed E-state index contributed by atoms with van der Waals surface area (Å²) in [5, 5.41) is 7.14. The Morgan fingerprint density at radius 2 is 2.32 bits per heavy atom. The molecule has 0 bridgehead atoms. The zero-order chi connectivity index (χ0) is 13.5. The van der Waals surface area contributed by atoms with Gasteiger partial charge in [0.15, 0.2) is 4.77 Å². The van der Waals surface area contributed by atoms with Crippen LogP contribution in [0.25, 0.3) is 0 Å². The molecule has 19 heavy (non-hydrogen) atoms. The molecule has 0 spiro atoms. The van der Waals surface area contributed by atoms with Crippen LogP contribution in [0.4, 0.5) is 0 Å². The molecule has 1 aliphatic rings. The Labute approximate surface area is 124 Å². The first kappa shape index (κ1) is 13.0. The van der Waals surface area contributed by atoms with Gasteiger partial charge in [-0.2, -0.15) is 5.10 Å². The highest BCUT2D eigenvalue weighted by Gasteiger charge is 2.41. The van der Waals surface area contributed by atoms with Crippen molar-refractivity contribution in [3.8, 4) is 0 Å². The number of H-pyrrole nitrogens is 1. The molecule has 100 valence electrons. The number of benzene rings is 1. The van der Waals surface area contributed by atoms with Gasteiger partial charge in [-0.3, -0.25) is 5.10 Å². The van der Waals surface area contributed by atoms with E-state index in [1.165, 1.54) is 5.56 Å². The molecule has 2 heterocycles. The van der Waals surface area contributed by atoms with Crippen molar-refractivity contribution in [1.82, 2.24) is 14.8 Å². The highest BCUT2D eigenvalue weighted by atomic mass is 79.9. The van der Waals surface area contributed by atoms with Crippen LogP contribution in [-0.4, -0.2) is 28.0 Å². The number of halogens is 1. The first-order valence-corrected chi connectivity index (χ1v) is 7.25. The number of nitrogens with zero attached hydrogens (tertiary/aromatic N) is 2. The summed E-state index contributed by atoms with van der Waals surface area (Å²) < 4.78 is 9.13. The van der Waals surface area contributed by atoms with Crippen LogP contribution in [0.15, 0.2) is 28.7 Å². The smallest absolute Gasteiger partial charge is 0.194 e. The SMILES string of the molecule is Cn1c(CC2(c3cccc(Br)c3)COC2)n[nH]c1=S. The highest BCUT2D eigenvalue weighted by molar-refractivity contribution is 9.10. The predicted molar refractivity (Wildman–Crippen MR) is 78.7 cm³/mol. The Hall–Kier alpha value is -0.980. The van der Waals surface area contributed by atoms with Crippen LogP contribution in [0.5, 0.6) is 0 Å². The molecule has 2 aromatic rings. The Morgan fingerprint density at radius 1 is 1.53 bits per heavy atom. The van der Waals surface area contributed by atoms with E-state index >= 15 is 0 Å². The van der Waals surface area contributed by atoms with Crippen molar-refractivity contribution < 1.29 is 4.74 Å². The molecule has 1 saturated heterocycles. The highest BCUT2D eigenvalue weighted by Crippen LogP contribution is 2.36. The van der Waals surface area contributed by atoms with Crippen LogP contribution in [0.2, 0.25) is 0 Å². The van der Waals surface area contributed by atoms with E-state index in [1.54, 1.807) is 0 Å². The Bertz CT molecular complexity index is 660. The van der Waals surface area contributed by atoms with Crippen LogP contribution >= 0.6 is 28.1 Å². The summed E-state index contributed by atoms with van der Waals surface area (Å²) in [5.41, 5.74) is 1.29. The van der Waals surface area contributed by atoms with E-state index < -0.39 is 0 Å². The van der Waals surface area contributed by atoms with Crippen molar-refractivity contribution in [2.45, 2.75) is 11.8 Å². The van der Waals surface area contributed by atoms with Gasteiger partial charge >= 0.3 is 0 Å². The molecule has 0 atom stereocenters. The largest absolute Gasteiger partial charge is 0.379 e. The second-order valence-electron chi connectivity index (χ2n) is 4.96. The molecule has 0 aliphatic carbocycles. The average Bonchev–Trinajstić information content (AvgIpc) is 2.65. The lowest BCUT2D eigenvalue weighted by Gasteiger charge is -2.41. The van der Waals surface area contributed by atoms with Crippen molar-refractivity contribution in [2.75, 3.05) is 13.2 Å². The summed E-state index contributed by atoms with van der Waals surface area (Å²) in [6.45, 7) is 1.45. The number of rotatable bonds is 3. The average molecular weight is 340 g/mol. The van der Waals surface area contributed by atoms with Gasteiger partial charge in [0.25, 0.3) is 0 Å². The fourth-order valence-corrected chi connectivity index (χ4v) is 2.93. The second kappa shape index (κ2) is 4.85. The maximum atomic E-state index is 5.46. The molecule has 0 saturated carbocycles. The van der Waals surface area contributed by atoms with Crippen LogP contribution in [-0.2, 0) is 23.6 Å². The van der Waals surface area contributed by atoms with E-state index in [-0.39, 0.29) is 5.41 Å². The molecule has 6 heteroatoms. The van der Waals surface area contributed by atoms with Gasteiger partial charge < -0.3 is 9.30 Å². The summed E-state index contributed by atoms with van der Waals surface area (Å²) in [5.74, 6) is 0.966.